The van der Waals surface area contributed by atoms with Gasteiger partial charge in [0.25, 0.3) is 0 Å². The molecule has 2 fully saturated rings. The Morgan fingerprint density at radius 2 is 1.83 bits per heavy atom. The number of ether oxygens (including phenoxy) is 8. The number of hydrogen-bond donors (Lipinski definition) is 2. The summed E-state index contributed by atoms with van der Waals surface area (Å²) < 4.78 is 47.8. The molecule has 1 amide bonds. The van der Waals surface area contributed by atoms with Gasteiger partial charge in [0, 0.05) is 25.0 Å². The number of hydrogen-bond acceptors (Lipinski definition) is 10. The third-order valence-corrected chi connectivity index (χ3v) is 7.39. The molecule has 2 saturated heterocycles. The lowest BCUT2D eigenvalue weighted by molar-refractivity contribution is -0.340. The number of carboxylic acid groups (broad SMARTS) is 1. The summed E-state index contributed by atoms with van der Waals surface area (Å²) in [5.74, 6) is 0.642. The summed E-state index contributed by atoms with van der Waals surface area (Å²) in [6.45, 7) is 6.87. The first-order chi connectivity index (χ1) is 20.0. The van der Waals surface area contributed by atoms with Gasteiger partial charge in [-0.3, -0.25) is 4.79 Å². The molecule has 2 N–H and O–H groups in total. The Hall–Kier alpha value is -3.58. The summed E-state index contributed by atoms with van der Waals surface area (Å²) in [6, 6.07) is 9.83. The van der Waals surface area contributed by atoms with Crippen molar-refractivity contribution in [2.24, 2.45) is 0 Å². The van der Waals surface area contributed by atoms with Crippen LogP contribution in [0, 0.1) is 0 Å². The van der Waals surface area contributed by atoms with Gasteiger partial charge in [-0.25, -0.2) is 4.79 Å². The quantitative estimate of drug-likeness (QED) is 0.447. The van der Waals surface area contributed by atoms with E-state index in [0.29, 0.717) is 28.6 Å². The van der Waals surface area contributed by atoms with Gasteiger partial charge >= 0.3 is 5.97 Å². The number of nitrogens with one attached hydrogen (secondary N) is 1. The Morgan fingerprint density at radius 3 is 2.52 bits per heavy atom. The van der Waals surface area contributed by atoms with Gasteiger partial charge < -0.3 is 48.3 Å². The van der Waals surface area contributed by atoms with Crippen LogP contribution in [0.15, 0.2) is 36.4 Å². The minimum atomic E-state index is -1.22. The number of amides is 1. The third-order valence-electron chi connectivity index (χ3n) is 7.39. The molecule has 3 heterocycles. The Labute approximate surface area is 244 Å². The highest BCUT2D eigenvalue weighted by Gasteiger charge is 2.53. The zero-order valence-electron chi connectivity index (χ0n) is 24.4. The zero-order chi connectivity index (χ0) is 30.2. The van der Waals surface area contributed by atoms with E-state index in [9.17, 15) is 14.7 Å². The largest absolute Gasteiger partial charge is 0.493 e. The molecule has 12 nitrogen and oxygen atoms in total. The van der Waals surface area contributed by atoms with Crippen molar-refractivity contribution in [1.29, 1.82) is 0 Å². The first-order valence-electron chi connectivity index (χ1n) is 13.8. The van der Waals surface area contributed by atoms with Crippen LogP contribution in [0.5, 0.6) is 23.0 Å². The number of fused-ring (bicyclic) bond motifs is 2. The molecular formula is C30H37NO11. The van der Waals surface area contributed by atoms with Crippen LogP contribution in [0.1, 0.15) is 45.1 Å². The lowest BCUT2D eigenvalue weighted by Gasteiger charge is -2.49. The lowest BCUT2D eigenvalue weighted by Crippen LogP contribution is -2.68. The highest BCUT2D eigenvalue weighted by atomic mass is 16.8. The fraction of sp³-hybridized carbons (Fsp3) is 0.533. The molecule has 228 valence electrons. The molecular weight excluding hydrogens is 550 g/mol. The molecule has 3 aliphatic heterocycles. The van der Waals surface area contributed by atoms with Crippen molar-refractivity contribution in [3.8, 4) is 23.0 Å². The number of carbonyl (C=O) groups excluding carboxylic acids is 1. The predicted octanol–water partition coefficient (Wildman–Crippen LogP) is 3.00. The van der Waals surface area contributed by atoms with E-state index >= 15 is 0 Å². The molecule has 7 atom stereocenters. The number of carboxylic acids is 1. The van der Waals surface area contributed by atoms with Gasteiger partial charge in [-0.05, 0) is 44.5 Å². The topological polar surface area (TPSA) is 140 Å². The van der Waals surface area contributed by atoms with Crippen molar-refractivity contribution >= 4 is 11.9 Å². The van der Waals surface area contributed by atoms with Crippen LogP contribution >= 0.6 is 0 Å². The number of benzene rings is 2. The molecule has 0 spiro atoms. The molecule has 0 bridgehead atoms. The van der Waals surface area contributed by atoms with Crippen LogP contribution < -0.4 is 24.3 Å². The van der Waals surface area contributed by atoms with Crippen molar-refractivity contribution in [2.45, 2.75) is 82.8 Å². The van der Waals surface area contributed by atoms with Gasteiger partial charge in [0.2, 0.25) is 12.2 Å². The second-order valence-corrected chi connectivity index (χ2v) is 11.2. The zero-order valence-corrected chi connectivity index (χ0v) is 24.4. The molecule has 7 unspecified atom stereocenters. The fourth-order valence-electron chi connectivity index (χ4n) is 5.46. The van der Waals surface area contributed by atoms with Gasteiger partial charge in [0.15, 0.2) is 23.9 Å². The van der Waals surface area contributed by atoms with Crippen LogP contribution in [-0.2, 0) is 35.0 Å². The smallest absolute Gasteiger partial charge is 0.332 e. The maximum Gasteiger partial charge on any atom is 0.332 e. The molecule has 5 rings (SSSR count). The Kier molecular flexibility index (Phi) is 8.51. The van der Waals surface area contributed by atoms with Crippen molar-refractivity contribution in [3.63, 3.8) is 0 Å². The van der Waals surface area contributed by atoms with E-state index < -0.39 is 49.0 Å². The number of carbonyl (C=O) groups is 2. The SMILES string of the molecule is COc1ccc(C2OCC3OC(Oc4ccc5c(c4)OC(C)(C)C5)C(NC(C)=O)C(OC(C)C(=O)O)C3O2)cc1OC. The van der Waals surface area contributed by atoms with Gasteiger partial charge in [0.1, 0.15) is 41.5 Å². The maximum atomic E-state index is 12.4. The molecule has 0 radical (unpaired) electrons. The highest BCUT2D eigenvalue weighted by Crippen LogP contribution is 2.41. The third kappa shape index (κ3) is 6.26. The molecule has 2 aromatic rings. The van der Waals surface area contributed by atoms with Crippen LogP contribution in [-0.4, -0.2) is 80.2 Å². The minimum absolute atomic E-state index is 0.0825. The van der Waals surface area contributed by atoms with Crippen LogP contribution in [0.25, 0.3) is 0 Å². The predicted molar refractivity (Wildman–Crippen MR) is 147 cm³/mol. The summed E-state index contributed by atoms with van der Waals surface area (Å²) in [7, 11) is 3.07. The molecule has 0 saturated carbocycles. The Morgan fingerprint density at radius 1 is 1.07 bits per heavy atom. The summed E-state index contributed by atoms with van der Waals surface area (Å²) >= 11 is 0. The molecule has 42 heavy (non-hydrogen) atoms. The van der Waals surface area contributed by atoms with Crippen molar-refractivity contribution in [1.82, 2.24) is 5.32 Å². The number of aliphatic carboxylic acids is 1. The van der Waals surface area contributed by atoms with Gasteiger partial charge in [-0.1, -0.05) is 12.1 Å². The van der Waals surface area contributed by atoms with E-state index in [1.807, 2.05) is 19.9 Å². The lowest BCUT2D eigenvalue weighted by atomic mass is 9.95. The normalized spacial score (nSPS) is 28.4. The Balaban J connectivity index is 1.44. The Bertz CT molecular complexity index is 1310. The minimum Gasteiger partial charge on any atom is -0.493 e. The second-order valence-electron chi connectivity index (χ2n) is 11.2. The number of methoxy groups -OCH3 is 2. The van der Waals surface area contributed by atoms with Crippen molar-refractivity contribution in [3.05, 3.63) is 47.5 Å². The van der Waals surface area contributed by atoms with Gasteiger partial charge in [-0.15, -0.1) is 0 Å². The second kappa shape index (κ2) is 12.0. The van der Waals surface area contributed by atoms with Crippen LogP contribution in [0.2, 0.25) is 0 Å². The first-order valence-corrected chi connectivity index (χ1v) is 13.8. The van der Waals surface area contributed by atoms with Crippen molar-refractivity contribution < 1.29 is 52.6 Å². The van der Waals surface area contributed by atoms with Crippen LogP contribution in [0.3, 0.4) is 0 Å². The first kappa shape index (κ1) is 29.9. The van der Waals surface area contributed by atoms with E-state index in [2.05, 4.69) is 5.32 Å². The van der Waals surface area contributed by atoms with E-state index in [1.54, 1.807) is 30.3 Å². The van der Waals surface area contributed by atoms with E-state index in [1.165, 1.54) is 28.1 Å². The monoisotopic (exact) mass is 587 g/mol. The maximum absolute atomic E-state index is 12.4. The molecule has 0 aliphatic carbocycles. The van der Waals surface area contributed by atoms with Crippen LogP contribution in [0.4, 0.5) is 0 Å². The van der Waals surface area contributed by atoms with E-state index in [0.717, 1.165) is 12.0 Å². The molecule has 2 aromatic carbocycles. The molecule has 0 aromatic heterocycles. The van der Waals surface area contributed by atoms with Gasteiger partial charge in [0.05, 0.1) is 20.8 Å². The molecule has 12 heteroatoms. The van der Waals surface area contributed by atoms with Gasteiger partial charge in [-0.2, -0.15) is 0 Å². The summed E-state index contributed by atoms with van der Waals surface area (Å²) in [4.78, 5) is 24.2. The van der Waals surface area contributed by atoms with E-state index in [4.69, 9.17) is 37.9 Å². The highest BCUT2D eigenvalue weighted by molar-refractivity contribution is 5.73. The standard InChI is InChI=1S/C30H37NO11/c1-15(27(33)34)38-26-24(31-16(2)32)29(39-19-9-7-18-13-30(3,4)42-21(18)12-19)40-23-14-37-28(41-25(23)26)17-8-10-20(35-5)22(11-17)36-6/h7-12,15,23-26,28-29H,13-14H2,1-6H3,(H,31,32)(H,33,34). The van der Waals surface area contributed by atoms with Crippen molar-refractivity contribution in [2.75, 3.05) is 20.8 Å². The van der Waals surface area contributed by atoms with E-state index in [-0.39, 0.29) is 18.1 Å². The average molecular weight is 588 g/mol. The summed E-state index contributed by atoms with van der Waals surface area (Å²) in [5.41, 5.74) is 1.37. The fourth-order valence-corrected chi connectivity index (χ4v) is 5.46. The average Bonchev–Trinajstić information content (AvgIpc) is 3.26. The summed E-state index contributed by atoms with van der Waals surface area (Å²) in [5, 5.41) is 12.5. The number of rotatable bonds is 9. The summed E-state index contributed by atoms with van der Waals surface area (Å²) in [6.07, 6.45) is -4.86. The molecule has 3 aliphatic rings.